The molecule has 1 heterocycles. The van der Waals surface area contributed by atoms with E-state index in [1.807, 2.05) is 31.2 Å². The molecule has 0 spiro atoms. The number of piperazine rings is 1. The van der Waals surface area contributed by atoms with Crippen LogP contribution in [0.5, 0.6) is 5.75 Å². The van der Waals surface area contributed by atoms with E-state index in [-0.39, 0.29) is 11.9 Å². The highest BCUT2D eigenvalue weighted by Gasteiger charge is 2.26. The van der Waals surface area contributed by atoms with Crippen molar-refractivity contribution in [3.8, 4) is 5.75 Å². The van der Waals surface area contributed by atoms with Crippen LogP contribution in [-0.2, 0) is 17.6 Å². The summed E-state index contributed by atoms with van der Waals surface area (Å²) in [5, 5.41) is 3.12. The van der Waals surface area contributed by atoms with Crippen molar-refractivity contribution < 1.29 is 9.53 Å². The number of aryl methyl sites for hydroxylation is 2. The number of methoxy groups -OCH3 is 1. The summed E-state index contributed by atoms with van der Waals surface area (Å²) in [6.45, 7) is 5.49. The predicted octanol–water partition coefficient (Wildman–Crippen LogP) is 3.33. The Balaban J connectivity index is 1.34. The number of ether oxygens (including phenoxy) is 1. The Morgan fingerprint density at radius 3 is 2.57 bits per heavy atom. The van der Waals surface area contributed by atoms with E-state index in [9.17, 15) is 4.79 Å². The highest BCUT2D eigenvalue weighted by molar-refractivity contribution is 5.94. The summed E-state index contributed by atoms with van der Waals surface area (Å²) in [5.41, 5.74) is 4.86. The molecule has 0 unspecified atom stereocenters. The SMILES string of the molecule is COc1ccccc1N1CCN([C@H](C)C(=O)Nc2ccc3c(c2)CCC3)CC1. The number of nitrogens with zero attached hydrogens (tertiary/aromatic N) is 2. The van der Waals surface area contributed by atoms with Crippen LogP contribution in [0.4, 0.5) is 11.4 Å². The lowest BCUT2D eigenvalue weighted by Crippen LogP contribution is -2.52. The first-order valence-electron chi connectivity index (χ1n) is 10.2. The zero-order valence-electron chi connectivity index (χ0n) is 16.8. The maximum Gasteiger partial charge on any atom is 0.241 e. The predicted molar refractivity (Wildman–Crippen MR) is 113 cm³/mol. The van der Waals surface area contributed by atoms with Crippen molar-refractivity contribution in [3.63, 3.8) is 0 Å². The summed E-state index contributed by atoms with van der Waals surface area (Å²) < 4.78 is 5.49. The molecular weight excluding hydrogens is 350 g/mol. The largest absolute Gasteiger partial charge is 0.495 e. The minimum Gasteiger partial charge on any atom is -0.495 e. The van der Waals surface area contributed by atoms with Gasteiger partial charge >= 0.3 is 0 Å². The van der Waals surface area contributed by atoms with Crippen LogP contribution in [0.3, 0.4) is 0 Å². The van der Waals surface area contributed by atoms with Crippen molar-refractivity contribution in [1.82, 2.24) is 4.90 Å². The van der Waals surface area contributed by atoms with Crippen molar-refractivity contribution in [3.05, 3.63) is 53.6 Å². The number of amides is 1. The van der Waals surface area contributed by atoms with Crippen LogP contribution in [0.1, 0.15) is 24.5 Å². The van der Waals surface area contributed by atoms with Gasteiger partial charge in [-0.25, -0.2) is 0 Å². The number of rotatable bonds is 5. The summed E-state index contributed by atoms with van der Waals surface area (Å²) in [5.74, 6) is 0.974. The number of anilines is 2. The van der Waals surface area contributed by atoms with E-state index in [1.165, 1.54) is 17.5 Å². The number of carbonyl (C=O) groups excluding carboxylic acids is 1. The molecule has 0 saturated carbocycles. The van der Waals surface area contributed by atoms with Crippen LogP contribution in [-0.4, -0.2) is 50.1 Å². The van der Waals surface area contributed by atoms with Crippen LogP contribution in [0.25, 0.3) is 0 Å². The minimum absolute atomic E-state index is 0.0729. The lowest BCUT2D eigenvalue weighted by atomic mass is 10.1. The highest BCUT2D eigenvalue weighted by atomic mass is 16.5. The first-order chi connectivity index (χ1) is 13.7. The topological polar surface area (TPSA) is 44.8 Å². The molecule has 148 valence electrons. The van der Waals surface area contributed by atoms with E-state index in [0.717, 1.165) is 56.1 Å². The van der Waals surface area contributed by atoms with Crippen molar-refractivity contribution in [1.29, 1.82) is 0 Å². The summed E-state index contributed by atoms with van der Waals surface area (Å²) in [6.07, 6.45) is 3.51. The molecule has 1 saturated heterocycles. The van der Waals surface area contributed by atoms with Crippen LogP contribution >= 0.6 is 0 Å². The first-order valence-corrected chi connectivity index (χ1v) is 10.2. The molecule has 1 atom stereocenters. The summed E-state index contributed by atoms with van der Waals surface area (Å²) >= 11 is 0. The maximum absolute atomic E-state index is 12.8. The van der Waals surface area contributed by atoms with Crippen molar-refractivity contribution in [2.24, 2.45) is 0 Å². The van der Waals surface area contributed by atoms with Gasteiger partial charge in [-0.05, 0) is 61.6 Å². The third-order valence-corrected chi connectivity index (χ3v) is 6.03. The Morgan fingerprint density at radius 1 is 1.04 bits per heavy atom. The summed E-state index contributed by atoms with van der Waals surface area (Å²) in [6, 6.07) is 14.3. The fourth-order valence-corrected chi connectivity index (χ4v) is 4.30. The third kappa shape index (κ3) is 3.85. The molecule has 5 nitrogen and oxygen atoms in total. The van der Waals surface area contributed by atoms with Gasteiger partial charge in [0.25, 0.3) is 0 Å². The molecule has 0 aromatic heterocycles. The van der Waals surface area contributed by atoms with Gasteiger partial charge in [0.05, 0.1) is 18.8 Å². The molecule has 0 radical (unpaired) electrons. The van der Waals surface area contributed by atoms with Gasteiger partial charge < -0.3 is 15.0 Å². The molecule has 1 aliphatic carbocycles. The molecule has 2 aromatic rings. The molecule has 1 N–H and O–H groups in total. The fraction of sp³-hybridized carbons (Fsp3) is 0.435. The van der Waals surface area contributed by atoms with Gasteiger partial charge in [0.1, 0.15) is 5.75 Å². The Bertz CT molecular complexity index is 843. The lowest BCUT2D eigenvalue weighted by molar-refractivity contribution is -0.120. The van der Waals surface area contributed by atoms with Gasteiger partial charge in [0.15, 0.2) is 0 Å². The number of nitrogens with one attached hydrogen (secondary N) is 1. The Hall–Kier alpha value is -2.53. The van der Waals surface area contributed by atoms with Crippen LogP contribution in [0.15, 0.2) is 42.5 Å². The number of benzene rings is 2. The van der Waals surface area contributed by atoms with Gasteiger partial charge in [-0.15, -0.1) is 0 Å². The lowest BCUT2D eigenvalue weighted by Gasteiger charge is -2.38. The monoisotopic (exact) mass is 379 g/mol. The fourth-order valence-electron chi connectivity index (χ4n) is 4.30. The second-order valence-corrected chi connectivity index (χ2v) is 7.70. The number of hydrogen-bond acceptors (Lipinski definition) is 4. The van der Waals surface area contributed by atoms with Crippen molar-refractivity contribution >= 4 is 17.3 Å². The molecule has 5 heteroatoms. The first kappa shape index (κ1) is 18.8. The van der Waals surface area contributed by atoms with Gasteiger partial charge in [0.2, 0.25) is 5.91 Å². The zero-order chi connectivity index (χ0) is 19.5. The third-order valence-electron chi connectivity index (χ3n) is 6.03. The minimum atomic E-state index is -0.145. The van der Waals surface area contributed by atoms with E-state index in [1.54, 1.807) is 7.11 Å². The van der Waals surface area contributed by atoms with Gasteiger partial charge in [-0.1, -0.05) is 18.2 Å². The van der Waals surface area contributed by atoms with E-state index < -0.39 is 0 Å². The molecule has 2 aromatic carbocycles. The Kier molecular flexibility index (Phi) is 5.53. The van der Waals surface area contributed by atoms with Gasteiger partial charge in [0, 0.05) is 31.9 Å². The Morgan fingerprint density at radius 2 is 1.79 bits per heavy atom. The highest BCUT2D eigenvalue weighted by Crippen LogP contribution is 2.29. The number of carbonyl (C=O) groups is 1. The standard InChI is InChI=1S/C23H29N3O2/c1-17(23(27)24-20-11-10-18-6-5-7-19(18)16-20)25-12-14-26(15-13-25)21-8-3-4-9-22(21)28-2/h3-4,8-11,16-17H,5-7,12-15H2,1-2H3,(H,24,27)/t17-/m1/s1. The van der Waals surface area contributed by atoms with Crippen LogP contribution in [0, 0.1) is 0 Å². The molecule has 1 fully saturated rings. The molecule has 2 aliphatic rings. The number of para-hydroxylation sites is 2. The average Bonchev–Trinajstić information content (AvgIpc) is 3.21. The molecule has 28 heavy (non-hydrogen) atoms. The molecule has 1 amide bonds. The van der Waals surface area contributed by atoms with Gasteiger partial charge in [-0.3, -0.25) is 9.69 Å². The molecule has 0 bridgehead atoms. The smallest absolute Gasteiger partial charge is 0.241 e. The number of fused-ring (bicyclic) bond motifs is 1. The average molecular weight is 380 g/mol. The maximum atomic E-state index is 12.8. The quantitative estimate of drug-likeness (QED) is 0.866. The van der Waals surface area contributed by atoms with Crippen LogP contribution < -0.4 is 15.0 Å². The van der Waals surface area contributed by atoms with E-state index in [0.29, 0.717) is 0 Å². The van der Waals surface area contributed by atoms with Crippen molar-refractivity contribution in [2.75, 3.05) is 43.5 Å². The Labute approximate surface area is 167 Å². The van der Waals surface area contributed by atoms with Crippen LogP contribution in [0.2, 0.25) is 0 Å². The second kappa shape index (κ2) is 8.23. The summed E-state index contributed by atoms with van der Waals surface area (Å²) in [7, 11) is 1.71. The van der Waals surface area contributed by atoms with Crippen molar-refractivity contribution in [2.45, 2.75) is 32.2 Å². The normalized spacial score (nSPS) is 17.9. The van der Waals surface area contributed by atoms with E-state index in [2.05, 4.69) is 33.3 Å². The molecule has 4 rings (SSSR count). The second-order valence-electron chi connectivity index (χ2n) is 7.70. The van der Waals surface area contributed by atoms with Gasteiger partial charge in [-0.2, -0.15) is 0 Å². The summed E-state index contributed by atoms with van der Waals surface area (Å²) in [4.78, 5) is 17.4. The van der Waals surface area contributed by atoms with E-state index in [4.69, 9.17) is 4.74 Å². The molecular formula is C23H29N3O2. The van der Waals surface area contributed by atoms with E-state index >= 15 is 0 Å². The molecule has 1 aliphatic heterocycles. The number of hydrogen-bond donors (Lipinski definition) is 1. The zero-order valence-corrected chi connectivity index (χ0v) is 16.8.